The Labute approximate surface area is 330 Å². The van der Waals surface area contributed by atoms with Crippen LogP contribution in [-0.4, -0.2) is 71.5 Å². The summed E-state index contributed by atoms with van der Waals surface area (Å²) in [5, 5.41) is 10.2. The normalized spacial score (nSPS) is 15.0. The number of carbonyl (C=O) groups is 3. The van der Waals surface area contributed by atoms with E-state index in [-0.39, 0.29) is 25.9 Å². The Morgan fingerprint density at radius 2 is 1.35 bits per heavy atom. The van der Waals surface area contributed by atoms with Crippen molar-refractivity contribution in [3.63, 3.8) is 0 Å². The van der Waals surface area contributed by atoms with Crippen LogP contribution in [0.25, 0.3) is 0 Å². The number of hydrogen-bond donors (Lipinski definition) is 1. The first-order valence-electron chi connectivity index (χ1n) is 17.7. The number of hydrogen-bond acceptors (Lipinski definition) is 5. The second-order valence-corrected chi connectivity index (χ2v) is 16.2. The van der Waals surface area contributed by atoms with Gasteiger partial charge in [0.25, 0.3) is 0 Å². The number of carboxylic acid groups (broad SMARTS) is 1. The van der Waals surface area contributed by atoms with Gasteiger partial charge < -0.3 is 19.3 Å². The third-order valence-corrected chi connectivity index (χ3v) is 10.2. The van der Waals surface area contributed by atoms with E-state index in [0.29, 0.717) is 5.69 Å². The van der Waals surface area contributed by atoms with E-state index in [1.54, 1.807) is 20.2 Å². The molecule has 0 fully saturated rings. The highest BCUT2D eigenvalue weighted by molar-refractivity contribution is 6.67. The number of carboxylic acids is 1. The van der Waals surface area contributed by atoms with Gasteiger partial charge >= 0.3 is 12.1 Å². The lowest BCUT2D eigenvalue weighted by molar-refractivity contribution is -0.154. The van der Waals surface area contributed by atoms with Crippen molar-refractivity contribution in [3.8, 4) is 0 Å². The molecule has 0 saturated carbocycles. The summed E-state index contributed by atoms with van der Waals surface area (Å²) >= 11 is 17.9. The van der Waals surface area contributed by atoms with Crippen molar-refractivity contribution >= 4 is 52.8 Å². The summed E-state index contributed by atoms with van der Waals surface area (Å²) in [5.74, 6) is -2.08. The van der Waals surface area contributed by atoms with E-state index < -0.39 is 51.9 Å². The van der Waals surface area contributed by atoms with Gasteiger partial charge in [0.1, 0.15) is 24.2 Å². The molecule has 1 N–H and O–H groups in total. The number of rotatable bonds is 12. The number of fused-ring (bicyclic) bond motifs is 1. The molecule has 6 rings (SSSR count). The Morgan fingerprint density at radius 3 is 1.85 bits per heavy atom. The molecule has 0 saturated heterocycles. The van der Waals surface area contributed by atoms with Crippen LogP contribution < -0.4 is 0 Å². The van der Waals surface area contributed by atoms with Crippen LogP contribution in [0.5, 0.6) is 0 Å². The Balaban J connectivity index is 1.37. The molecule has 5 aromatic rings. The summed E-state index contributed by atoms with van der Waals surface area (Å²) in [6.07, 6.45) is 3.23. The Kier molecular flexibility index (Phi) is 12.0. The summed E-state index contributed by atoms with van der Waals surface area (Å²) in [6, 6.07) is 35.7. The number of aromatic nitrogens is 2. The van der Waals surface area contributed by atoms with E-state index in [0.717, 1.165) is 27.8 Å². The highest BCUT2D eigenvalue weighted by Crippen LogP contribution is 2.41. The number of alkyl halides is 3. The van der Waals surface area contributed by atoms with Crippen LogP contribution >= 0.6 is 34.8 Å². The second kappa shape index (κ2) is 16.7. The quantitative estimate of drug-likeness (QED) is 0.101. The molecule has 1 aromatic heterocycles. The smallest absolute Gasteiger partial charge is 0.410 e. The Bertz CT molecular complexity index is 1960. The molecule has 9 nitrogen and oxygen atoms in total. The number of carbonyl (C=O) groups excluding carboxylic acids is 2. The third kappa shape index (κ3) is 8.28. The third-order valence-electron chi connectivity index (χ3n) is 9.84. The predicted molar refractivity (Wildman–Crippen MR) is 210 cm³/mol. The van der Waals surface area contributed by atoms with Gasteiger partial charge in [-0.3, -0.25) is 9.69 Å². The van der Waals surface area contributed by atoms with E-state index >= 15 is 0 Å². The summed E-state index contributed by atoms with van der Waals surface area (Å²) in [7, 11) is 0. The molecular weight excluding hydrogens is 747 g/mol. The highest BCUT2D eigenvalue weighted by Gasteiger charge is 2.43. The highest BCUT2D eigenvalue weighted by atomic mass is 35.6. The first-order valence-corrected chi connectivity index (χ1v) is 18.8. The molecule has 4 aromatic carbocycles. The zero-order valence-corrected chi connectivity index (χ0v) is 32.2. The summed E-state index contributed by atoms with van der Waals surface area (Å²) < 4.78 is 5.65. The summed E-state index contributed by atoms with van der Waals surface area (Å²) in [5.41, 5.74) is 4.61. The maximum Gasteiger partial charge on any atom is 0.410 e. The average molecular weight is 788 g/mol. The summed E-state index contributed by atoms with van der Waals surface area (Å²) in [4.78, 5) is 48.4. The maximum atomic E-state index is 14.5. The Hall–Kier alpha value is -4.83. The molecule has 1 aliphatic heterocycles. The number of imidazole rings is 1. The topological polar surface area (TPSA) is 105 Å². The molecule has 0 radical (unpaired) electrons. The molecule has 12 heteroatoms. The second-order valence-electron chi connectivity index (χ2n) is 13.7. The number of ether oxygens (including phenoxy) is 1. The van der Waals surface area contributed by atoms with Crippen molar-refractivity contribution in [2.45, 2.75) is 54.6 Å². The summed E-state index contributed by atoms with van der Waals surface area (Å²) in [6.45, 7) is 3.13. The Morgan fingerprint density at radius 1 is 0.833 bits per heavy atom. The molecular formula is C42H41Cl3N4O5. The van der Waals surface area contributed by atoms with E-state index in [2.05, 4.69) is 41.0 Å². The fourth-order valence-electron chi connectivity index (χ4n) is 7.39. The number of halogens is 3. The van der Waals surface area contributed by atoms with Gasteiger partial charge in [-0.2, -0.15) is 0 Å². The standard InChI is InChI=1S/C42H41Cl3N4O5/c1-29(2)37(38(50)49-25-31-15-13-12-14-30(31)24-36(49)39(51)52)48(40(53)54-27-41(43,44)45)23-22-35-26-47(28-46-35)42(32-16-6-3-7-17-32,33-18-8-4-9-19-33)34-20-10-5-11-21-34/h3-21,26,28-29,36-37H,22-25,27H2,1-2H3,(H,51,52)/t36-,37?/m0/s1. The van der Waals surface area contributed by atoms with Crippen molar-refractivity contribution < 1.29 is 24.2 Å². The van der Waals surface area contributed by atoms with Gasteiger partial charge in [-0.1, -0.05) is 164 Å². The lowest BCUT2D eigenvalue weighted by atomic mass is 9.77. The molecule has 1 aliphatic rings. The molecule has 1 unspecified atom stereocenters. The van der Waals surface area contributed by atoms with Crippen molar-refractivity contribution in [3.05, 3.63) is 161 Å². The van der Waals surface area contributed by atoms with Crippen LogP contribution in [0.1, 0.15) is 47.4 Å². The first kappa shape index (κ1) is 38.9. The van der Waals surface area contributed by atoms with Crippen LogP contribution in [0.15, 0.2) is 128 Å². The fourth-order valence-corrected chi connectivity index (χ4v) is 7.55. The van der Waals surface area contributed by atoms with E-state index in [4.69, 9.17) is 44.5 Å². The monoisotopic (exact) mass is 786 g/mol. The SMILES string of the molecule is CC(C)C(C(=O)N1Cc2ccccc2C[C@H]1C(=O)O)N(CCc1cn(C(c2ccccc2)(c2ccccc2)c2ccccc2)cn1)C(=O)OCC(Cl)(Cl)Cl. The zero-order valence-electron chi connectivity index (χ0n) is 29.9. The number of aliphatic carboxylic acids is 1. The maximum absolute atomic E-state index is 14.5. The van der Waals surface area contributed by atoms with Crippen molar-refractivity contribution in [2.24, 2.45) is 5.92 Å². The molecule has 0 aliphatic carbocycles. The molecule has 2 heterocycles. The van der Waals surface area contributed by atoms with Crippen molar-refractivity contribution in [1.29, 1.82) is 0 Å². The lowest BCUT2D eigenvalue weighted by Gasteiger charge is -2.40. The van der Waals surface area contributed by atoms with Gasteiger partial charge in [-0.25, -0.2) is 14.6 Å². The largest absolute Gasteiger partial charge is 0.480 e. The van der Waals surface area contributed by atoms with Crippen molar-refractivity contribution in [2.75, 3.05) is 13.2 Å². The first-order chi connectivity index (χ1) is 25.9. The van der Waals surface area contributed by atoms with E-state index in [9.17, 15) is 19.5 Å². The van der Waals surface area contributed by atoms with Gasteiger partial charge in [-0.15, -0.1) is 0 Å². The number of amides is 2. The van der Waals surface area contributed by atoms with Crippen LogP contribution in [0, 0.1) is 5.92 Å². The molecule has 0 spiro atoms. The molecule has 2 amide bonds. The van der Waals surface area contributed by atoms with Gasteiger partial charge in [0.15, 0.2) is 0 Å². The average Bonchev–Trinajstić information content (AvgIpc) is 3.65. The van der Waals surface area contributed by atoms with Gasteiger partial charge in [0.2, 0.25) is 9.70 Å². The molecule has 0 bridgehead atoms. The fraction of sp³-hybridized carbons (Fsp3) is 0.286. The minimum Gasteiger partial charge on any atom is -0.480 e. The lowest BCUT2D eigenvalue weighted by Crippen LogP contribution is -2.58. The molecule has 280 valence electrons. The minimum absolute atomic E-state index is 0.00145. The minimum atomic E-state index is -1.89. The van der Waals surface area contributed by atoms with Crippen molar-refractivity contribution in [1.82, 2.24) is 19.4 Å². The van der Waals surface area contributed by atoms with E-state index in [1.165, 1.54) is 9.80 Å². The van der Waals surface area contributed by atoms with E-state index in [1.807, 2.05) is 85.1 Å². The molecule has 54 heavy (non-hydrogen) atoms. The van der Waals surface area contributed by atoms with Gasteiger partial charge in [0, 0.05) is 32.1 Å². The predicted octanol–water partition coefficient (Wildman–Crippen LogP) is 8.14. The van der Waals surface area contributed by atoms with Crippen LogP contribution in [0.2, 0.25) is 0 Å². The van der Waals surface area contributed by atoms with Crippen LogP contribution in [0.4, 0.5) is 4.79 Å². The number of nitrogens with zero attached hydrogens (tertiary/aromatic N) is 4. The molecule has 2 atom stereocenters. The van der Waals surface area contributed by atoms with Gasteiger partial charge in [-0.05, 0) is 33.7 Å². The van der Waals surface area contributed by atoms with Crippen LogP contribution in [0.3, 0.4) is 0 Å². The van der Waals surface area contributed by atoms with Gasteiger partial charge in [0.05, 0.1) is 12.0 Å². The number of benzene rings is 4. The van der Waals surface area contributed by atoms with Crippen LogP contribution in [-0.2, 0) is 39.3 Å². The zero-order chi connectivity index (χ0) is 38.5.